The minimum Gasteiger partial charge on any atom is -0.322 e. The molecular weight excluding hydrogens is 371 g/mol. The lowest BCUT2D eigenvalue weighted by Gasteiger charge is -2.14. The molecule has 1 N–H and O–H groups in total. The lowest BCUT2D eigenvalue weighted by molar-refractivity contribution is 0.102. The molecule has 0 bridgehead atoms. The van der Waals surface area contributed by atoms with E-state index < -0.39 is 15.9 Å². The Morgan fingerprint density at radius 2 is 1.75 bits per heavy atom. The van der Waals surface area contributed by atoms with Crippen molar-refractivity contribution < 1.29 is 13.2 Å². The summed E-state index contributed by atoms with van der Waals surface area (Å²) in [5, 5.41) is 3.33. The summed E-state index contributed by atoms with van der Waals surface area (Å²) in [7, 11) is -0.701. The van der Waals surface area contributed by atoms with Crippen molar-refractivity contribution in [3.63, 3.8) is 0 Å². The summed E-state index contributed by atoms with van der Waals surface area (Å²) in [5.41, 5.74) is 1.38. The Morgan fingerprint density at radius 1 is 1.08 bits per heavy atom. The van der Waals surface area contributed by atoms with Crippen molar-refractivity contribution in [1.82, 2.24) is 4.31 Å². The van der Waals surface area contributed by atoms with Gasteiger partial charge < -0.3 is 5.32 Å². The summed E-state index contributed by atoms with van der Waals surface area (Å²) < 4.78 is 25.6. The maximum Gasteiger partial charge on any atom is 0.257 e. The van der Waals surface area contributed by atoms with Gasteiger partial charge in [-0.05, 0) is 42.8 Å². The molecular formula is C16H16Cl2N2O3S. The van der Waals surface area contributed by atoms with E-state index in [9.17, 15) is 13.2 Å². The van der Waals surface area contributed by atoms with E-state index in [1.54, 1.807) is 19.1 Å². The lowest BCUT2D eigenvalue weighted by atomic mass is 10.1. The van der Waals surface area contributed by atoms with Crippen LogP contribution in [0.25, 0.3) is 0 Å². The van der Waals surface area contributed by atoms with Crippen molar-refractivity contribution in [1.29, 1.82) is 0 Å². The normalized spacial score (nSPS) is 11.6. The molecule has 0 aliphatic carbocycles. The summed E-state index contributed by atoms with van der Waals surface area (Å²) in [6, 6.07) is 9.09. The van der Waals surface area contributed by atoms with Gasteiger partial charge in [0.15, 0.2) is 0 Å². The van der Waals surface area contributed by atoms with Gasteiger partial charge >= 0.3 is 0 Å². The second kappa shape index (κ2) is 7.11. The molecule has 128 valence electrons. The van der Waals surface area contributed by atoms with Crippen molar-refractivity contribution in [2.24, 2.45) is 0 Å². The smallest absolute Gasteiger partial charge is 0.257 e. The van der Waals surface area contributed by atoms with E-state index >= 15 is 0 Å². The summed E-state index contributed by atoms with van der Waals surface area (Å²) >= 11 is 11.8. The number of halogens is 2. The van der Waals surface area contributed by atoms with Crippen LogP contribution in [0.15, 0.2) is 41.3 Å². The van der Waals surface area contributed by atoms with Gasteiger partial charge in [-0.1, -0.05) is 29.3 Å². The highest BCUT2D eigenvalue weighted by atomic mass is 35.5. The number of aryl methyl sites for hydroxylation is 1. The topological polar surface area (TPSA) is 66.5 Å². The molecule has 24 heavy (non-hydrogen) atoms. The Kier molecular flexibility index (Phi) is 5.55. The average Bonchev–Trinajstić information content (AvgIpc) is 2.48. The first-order valence-electron chi connectivity index (χ1n) is 6.92. The molecule has 0 heterocycles. The molecule has 0 aliphatic rings. The molecule has 0 spiro atoms. The summed E-state index contributed by atoms with van der Waals surface area (Å²) in [5.74, 6) is -0.445. The van der Waals surface area contributed by atoms with Gasteiger partial charge in [0.1, 0.15) is 0 Å². The third-order valence-corrected chi connectivity index (χ3v) is 5.77. The molecule has 0 saturated carbocycles. The highest BCUT2D eigenvalue weighted by molar-refractivity contribution is 7.89. The first-order valence-corrected chi connectivity index (χ1v) is 9.12. The average molecular weight is 387 g/mol. The van der Waals surface area contributed by atoms with E-state index in [0.29, 0.717) is 10.7 Å². The maximum atomic E-state index is 12.4. The first-order chi connectivity index (χ1) is 11.1. The van der Waals surface area contributed by atoms with Crippen LogP contribution in [0.5, 0.6) is 0 Å². The van der Waals surface area contributed by atoms with Crippen molar-refractivity contribution >= 4 is 44.8 Å². The fraction of sp³-hybridized carbons (Fsp3) is 0.188. The van der Waals surface area contributed by atoms with Crippen LogP contribution in [0.1, 0.15) is 15.9 Å². The third kappa shape index (κ3) is 3.89. The van der Waals surface area contributed by atoms with E-state index in [1.807, 2.05) is 0 Å². The number of amides is 1. The number of carbonyl (C=O) groups excluding carboxylic acids is 1. The number of anilines is 1. The zero-order chi connectivity index (χ0) is 18.1. The molecule has 1 amide bonds. The minimum absolute atomic E-state index is 0.0932. The van der Waals surface area contributed by atoms with Gasteiger partial charge in [-0.25, -0.2) is 12.7 Å². The fourth-order valence-electron chi connectivity index (χ4n) is 1.97. The molecule has 0 saturated heterocycles. The number of hydrogen-bond donors (Lipinski definition) is 1. The van der Waals surface area contributed by atoms with Gasteiger partial charge in [-0.15, -0.1) is 0 Å². The van der Waals surface area contributed by atoms with Gasteiger partial charge in [0.2, 0.25) is 10.0 Å². The number of hydrogen-bond acceptors (Lipinski definition) is 3. The maximum absolute atomic E-state index is 12.4. The zero-order valence-corrected chi connectivity index (χ0v) is 15.6. The van der Waals surface area contributed by atoms with Crippen LogP contribution < -0.4 is 5.32 Å². The largest absolute Gasteiger partial charge is 0.322 e. The van der Waals surface area contributed by atoms with Crippen molar-refractivity contribution in [2.75, 3.05) is 19.4 Å². The third-order valence-electron chi connectivity index (χ3n) is 3.41. The van der Waals surface area contributed by atoms with Crippen molar-refractivity contribution in [3.05, 3.63) is 57.6 Å². The Hall–Kier alpha value is -1.60. The minimum atomic E-state index is -3.59. The van der Waals surface area contributed by atoms with Crippen LogP contribution in [0, 0.1) is 6.92 Å². The summed E-state index contributed by atoms with van der Waals surface area (Å²) in [4.78, 5) is 12.5. The SMILES string of the molecule is Cc1ccc(S(=O)(=O)N(C)C)cc1NC(=O)c1ccc(Cl)cc1Cl. The summed E-state index contributed by atoms with van der Waals surface area (Å²) in [6.45, 7) is 1.77. The van der Waals surface area contributed by atoms with Gasteiger partial charge in [0.05, 0.1) is 15.5 Å². The van der Waals surface area contributed by atoms with Crippen LogP contribution >= 0.6 is 23.2 Å². The van der Waals surface area contributed by atoms with E-state index in [1.165, 1.54) is 38.4 Å². The molecule has 2 aromatic rings. The molecule has 0 fully saturated rings. The molecule has 0 unspecified atom stereocenters. The van der Waals surface area contributed by atoms with Crippen LogP contribution in [0.3, 0.4) is 0 Å². The highest BCUT2D eigenvalue weighted by Crippen LogP contribution is 2.25. The lowest BCUT2D eigenvalue weighted by Crippen LogP contribution is -2.22. The predicted molar refractivity (Wildman–Crippen MR) is 96.5 cm³/mol. The van der Waals surface area contributed by atoms with Crippen LogP contribution in [0.2, 0.25) is 10.0 Å². The van der Waals surface area contributed by atoms with E-state index in [4.69, 9.17) is 23.2 Å². The second-order valence-corrected chi connectivity index (χ2v) is 8.34. The quantitative estimate of drug-likeness (QED) is 0.868. The molecule has 8 heteroatoms. The zero-order valence-electron chi connectivity index (χ0n) is 13.3. The van der Waals surface area contributed by atoms with E-state index in [-0.39, 0.29) is 15.5 Å². The number of sulfonamides is 1. The number of carbonyl (C=O) groups is 1. The van der Waals surface area contributed by atoms with Gasteiger partial charge in [0.25, 0.3) is 5.91 Å². The predicted octanol–water partition coefficient (Wildman–Crippen LogP) is 3.80. The molecule has 2 rings (SSSR count). The molecule has 2 aromatic carbocycles. The first kappa shape index (κ1) is 18.7. The number of rotatable bonds is 4. The summed E-state index contributed by atoms with van der Waals surface area (Å²) in [6.07, 6.45) is 0. The van der Waals surface area contributed by atoms with Gasteiger partial charge in [-0.3, -0.25) is 4.79 Å². The van der Waals surface area contributed by atoms with Crippen molar-refractivity contribution in [3.8, 4) is 0 Å². The number of nitrogens with zero attached hydrogens (tertiary/aromatic N) is 1. The van der Waals surface area contributed by atoms with Gasteiger partial charge in [-0.2, -0.15) is 0 Å². The fourth-order valence-corrected chi connectivity index (χ4v) is 3.39. The van der Waals surface area contributed by atoms with E-state index in [2.05, 4.69) is 5.32 Å². The van der Waals surface area contributed by atoms with Gasteiger partial charge in [0, 0.05) is 24.8 Å². The van der Waals surface area contributed by atoms with Crippen LogP contribution in [-0.4, -0.2) is 32.7 Å². The molecule has 5 nitrogen and oxygen atoms in total. The number of benzene rings is 2. The molecule has 0 radical (unpaired) electrons. The molecule has 0 aromatic heterocycles. The Labute approximate surface area is 151 Å². The number of nitrogens with one attached hydrogen (secondary N) is 1. The van der Waals surface area contributed by atoms with Crippen LogP contribution in [0.4, 0.5) is 5.69 Å². The highest BCUT2D eigenvalue weighted by Gasteiger charge is 2.19. The monoisotopic (exact) mass is 386 g/mol. The Bertz CT molecular complexity index is 896. The standard InChI is InChI=1S/C16H16Cl2N2O3S/c1-10-4-6-12(24(22,23)20(2)3)9-15(10)19-16(21)13-7-5-11(17)8-14(13)18/h4-9H,1-3H3,(H,19,21). The van der Waals surface area contributed by atoms with Crippen LogP contribution in [-0.2, 0) is 10.0 Å². The van der Waals surface area contributed by atoms with E-state index in [0.717, 1.165) is 9.87 Å². The second-order valence-electron chi connectivity index (χ2n) is 5.34. The Balaban J connectivity index is 2.37. The molecule has 0 atom stereocenters. The Morgan fingerprint density at radius 3 is 2.33 bits per heavy atom. The van der Waals surface area contributed by atoms with Crippen molar-refractivity contribution in [2.45, 2.75) is 11.8 Å². The molecule has 0 aliphatic heterocycles.